The van der Waals surface area contributed by atoms with Gasteiger partial charge >= 0.3 is 5.97 Å². The van der Waals surface area contributed by atoms with Crippen LogP contribution in [0.5, 0.6) is 0 Å². The second kappa shape index (κ2) is 21.3. The highest BCUT2D eigenvalue weighted by Crippen LogP contribution is 2.50. The highest BCUT2D eigenvalue weighted by atomic mass is 16.7. The van der Waals surface area contributed by atoms with E-state index in [2.05, 4.69) is 26.0 Å². The summed E-state index contributed by atoms with van der Waals surface area (Å²) >= 11 is 0. The predicted octanol–water partition coefficient (Wildman–Crippen LogP) is 6.20. The molecule has 0 aromatic heterocycles. The fourth-order valence-corrected chi connectivity index (χ4v) is 12.3. The van der Waals surface area contributed by atoms with Gasteiger partial charge in [0.1, 0.15) is 35.9 Å². The number of nitriles is 1. The number of hydrogen-bond donors (Lipinski definition) is 3. The van der Waals surface area contributed by atoms with E-state index in [1.807, 2.05) is 32.9 Å². The highest BCUT2D eigenvalue weighted by Gasteiger charge is 2.59. The number of carbonyl (C=O) groups is 1. The molecule has 1 unspecified atom stereocenters. The molecule has 8 aliphatic rings. The Labute approximate surface area is 396 Å². The van der Waals surface area contributed by atoms with Crippen molar-refractivity contribution in [2.24, 2.45) is 23.7 Å². The third-order valence-corrected chi connectivity index (χ3v) is 16.1. The van der Waals surface area contributed by atoms with E-state index in [1.165, 1.54) is 12.5 Å². The lowest BCUT2D eigenvalue weighted by Crippen LogP contribution is -2.59. The summed E-state index contributed by atoms with van der Waals surface area (Å²) in [5, 5.41) is 44.8. The molecule has 1 saturated carbocycles. The van der Waals surface area contributed by atoms with Crippen LogP contribution in [-0.4, -0.2) is 139 Å². The number of ether oxygens (including phenoxy) is 10. The van der Waals surface area contributed by atoms with Crippen LogP contribution in [-0.2, 0) is 52.2 Å². The number of aliphatic hydroxyl groups is 3. The molecule has 372 valence electrons. The minimum Gasteiger partial charge on any atom is -0.462 e. The van der Waals surface area contributed by atoms with Gasteiger partial charge < -0.3 is 62.7 Å². The van der Waals surface area contributed by atoms with Gasteiger partial charge in [-0.15, -0.1) is 0 Å². The molecular formula is C52H75NO14. The van der Waals surface area contributed by atoms with E-state index in [1.54, 1.807) is 33.3 Å². The van der Waals surface area contributed by atoms with Crippen LogP contribution in [0.2, 0.25) is 0 Å². The van der Waals surface area contributed by atoms with Crippen molar-refractivity contribution in [3.63, 3.8) is 0 Å². The molecule has 0 amide bonds. The van der Waals surface area contributed by atoms with Gasteiger partial charge in [0, 0.05) is 64.2 Å². The van der Waals surface area contributed by atoms with Gasteiger partial charge in [-0.2, -0.15) is 5.26 Å². The topological polar surface area (TPSA) is 194 Å². The molecule has 6 aliphatic heterocycles. The van der Waals surface area contributed by atoms with Crippen LogP contribution in [0.25, 0.3) is 0 Å². The molecule has 0 radical (unpaired) electrons. The molecule has 19 atom stereocenters. The van der Waals surface area contributed by atoms with E-state index < -0.39 is 103 Å². The standard InChI is InChI=1S/C52H75NO14/c1-28-13-12-16-35-27-60-49-38(19-20-53)30(3)21-39(52(35,49)57)50(56)63-37-22-36(66-51(25-37)26-40(54)31(4)47(67-51)34-14-10-9-11-15-34)18-17-29(2)46(28)64-44-24-42(59-8)48(33(6)62-44)65-43-23-41(58-7)45(55)32(5)61-43/h12-13,16-17,19,21,28,31-34,36-37,39-49,54-55,57H,9-11,14-15,18,22-27H2,1-8H3/b13-12+,29-17+,35-16+,38-19-/t28-,31-,32-,33-,36+,37-,39-,40?,41-,42-,43-,44-,45-,46-,47-,48-,49+,51-,52+/m0/s1. The Bertz CT molecular complexity index is 1950. The Kier molecular flexibility index (Phi) is 16.0. The third kappa shape index (κ3) is 10.5. The first kappa shape index (κ1) is 50.6. The molecular weight excluding hydrogens is 863 g/mol. The van der Waals surface area contributed by atoms with Crippen molar-refractivity contribution < 1.29 is 67.5 Å². The Balaban J connectivity index is 1.10. The van der Waals surface area contributed by atoms with Crippen LogP contribution in [0, 0.1) is 35.0 Å². The molecule has 3 N–H and O–H groups in total. The summed E-state index contributed by atoms with van der Waals surface area (Å²) in [4.78, 5) is 14.6. The summed E-state index contributed by atoms with van der Waals surface area (Å²) in [5.74, 6) is -2.95. The number of hydrogen-bond acceptors (Lipinski definition) is 15. The predicted molar refractivity (Wildman–Crippen MR) is 244 cm³/mol. The summed E-state index contributed by atoms with van der Waals surface area (Å²) in [6.45, 7) is 11.7. The minimum atomic E-state index is -1.83. The van der Waals surface area contributed by atoms with Gasteiger partial charge in [0.2, 0.25) is 0 Å². The molecule has 0 aromatic carbocycles. The van der Waals surface area contributed by atoms with Crippen molar-refractivity contribution in [3.8, 4) is 6.07 Å². The first-order valence-electron chi connectivity index (χ1n) is 24.8. The van der Waals surface area contributed by atoms with E-state index in [0.717, 1.165) is 31.3 Å². The van der Waals surface area contributed by atoms with Gasteiger partial charge in [0.25, 0.3) is 0 Å². The second-order valence-corrected chi connectivity index (χ2v) is 20.7. The van der Waals surface area contributed by atoms with Crippen molar-refractivity contribution >= 4 is 5.97 Å². The number of carbonyl (C=O) groups excluding carboxylic acids is 1. The van der Waals surface area contributed by atoms with Crippen LogP contribution in [0.15, 0.2) is 58.7 Å². The normalized spacial score (nSPS) is 48.3. The zero-order chi connectivity index (χ0) is 47.8. The number of rotatable bonds is 7. The zero-order valence-corrected chi connectivity index (χ0v) is 40.6. The Morgan fingerprint density at radius 1 is 0.896 bits per heavy atom. The van der Waals surface area contributed by atoms with Gasteiger partial charge in [-0.25, -0.2) is 0 Å². The van der Waals surface area contributed by atoms with Crippen LogP contribution < -0.4 is 0 Å². The van der Waals surface area contributed by atoms with Gasteiger partial charge in [0.15, 0.2) is 18.4 Å². The molecule has 6 heterocycles. The summed E-state index contributed by atoms with van der Waals surface area (Å²) in [7, 11) is 3.21. The van der Waals surface area contributed by atoms with Gasteiger partial charge in [0.05, 0.1) is 61.5 Å². The summed E-state index contributed by atoms with van der Waals surface area (Å²) in [6, 6.07) is 2.10. The smallest absolute Gasteiger partial charge is 0.316 e. The molecule has 67 heavy (non-hydrogen) atoms. The van der Waals surface area contributed by atoms with E-state index in [4.69, 9.17) is 47.4 Å². The average Bonchev–Trinajstić information content (AvgIpc) is 3.64. The van der Waals surface area contributed by atoms with Crippen molar-refractivity contribution in [2.75, 3.05) is 20.8 Å². The maximum Gasteiger partial charge on any atom is 0.316 e. The van der Waals surface area contributed by atoms with Crippen molar-refractivity contribution in [2.45, 2.75) is 209 Å². The number of esters is 1. The quantitative estimate of drug-likeness (QED) is 0.148. The number of aliphatic hydroxyl groups excluding tert-OH is 2. The van der Waals surface area contributed by atoms with E-state index in [0.29, 0.717) is 42.4 Å². The molecule has 8 rings (SSSR count). The number of methoxy groups -OCH3 is 2. The van der Waals surface area contributed by atoms with E-state index in [9.17, 15) is 25.4 Å². The fraction of sp³-hybridized carbons (Fsp3) is 0.769. The third-order valence-electron chi connectivity index (χ3n) is 16.1. The molecule has 1 spiro atoms. The Morgan fingerprint density at radius 3 is 2.34 bits per heavy atom. The first-order chi connectivity index (χ1) is 32.1. The number of allylic oxidation sites excluding steroid dienone is 3. The largest absolute Gasteiger partial charge is 0.462 e. The lowest BCUT2D eigenvalue weighted by atomic mass is 9.70. The fourth-order valence-electron chi connectivity index (χ4n) is 12.3. The van der Waals surface area contributed by atoms with Crippen LogP contribution in [0.1, 0.15) is 112 Å². The molecule has 5 saturated heterocycles. The molecule has 2 bridgehead atoms. The lowest BCUT2D eigenvalue weighted by molar-refractivity contribution is -0.355. The van der Waals surface area contributed by atoms with Crippen molar-refractivity contribution in [1.82, 2.24) is 0 Å². The zero-order valence-electron chi connectivity index (χ0n) is 40.6. The molecule has 6 fully saturated rings. The highest BCUT2D eigenvalue weighted by molar-refractivity contribution is 5.79. The lowest BCUT2D eigenvalue weighted by Gasteiger charge is -2.53. The van der Waals surface area contributed by atoms with E-state index in [-0.39, 0.29) is 43.3 Å². The molecule has 15 nitrogen and oxygen atoms in total. The summed E-state index contributed by atoms with van der Waals surface area (Å²) in [6.07, 6.45) is 10.6. The maximum atomic E-state index is 14.6. The van der Waals surface area contributed by atoms with Gasteiger partial charge in [-0.3, -0.25) is 4.79 Å². The van der Waals surface area contributed by atoms with Crippen LogP contribution in [0.4, 0.5) is 0 Å². The second-order valence-electron chi connectivity index (χ2n) is 20.7. The minimum absolute atomic E-state index is 0.0360. The molecule has 2 aliphatic carbocycles. The molecule has 0 aromatic rings. The van der Waals surface area contributed by atoms with Crippen molar-refractivity contribution in [3.05, 3.63) is 58.7 Å². The van der Waals surface area contributed by atoms with Gasteiger partial charge in [-0.05, 0) is 75.2 Å². The monoisotopic (exact) mass is 938 g/mol. The van der Waals surface area contributed by atoms with E-state index >= 15 is 0 Å². The molecule has 15 heteroatoms. The van der Waals surface area contributed by atoms with Crippen LogP contribution in [0.3, 0.4) is 0 Å². The summed E-state index contributed by atoms with van der Waals surface area (Å²) < 4.78 is 64.4. The number of fused-ring (bicyclic) bond motifs is 2. The Morgan fingerprint density at radius 2 is 1.61 bits per heavy atom. The SMILES string of the molecule is CO[C@H]1C[C@H](O[C@H]2[C@H](C)O[C@@H](O[C@@H]3/C(C)=C/C[C@@H]4C[C@@H](C[C@]5(CC(O)[C@H](C)[C@@H](C6CCCCC6)O5)O4)OC(=O)[C@@H]4C=C(C)/C(=C/C#N)[C@H]5OC/C(=C\C=C\[C@@H]3C)[C@]54O)C[C@@H]2OC)O[C@@H](C)[C@@H]1O. The first-order valence-corrected chi connectivity index (χ1v) is 24.8. The Hall–Kier alpha value is -2.82. The maximum absolute atomic E-state index is 14.6. The average molecular weight is 938 g/mol. The van der Waals surface area contributed by atoms with Crippen molar-refractivity contribution in [1.29, 1.82) is 5.26 Å². The number of nitrogens with zero attached hydrogens (tertiary/aromatic N) is 1. The van der Waals surface area contributed by atoms with Gasteiger partial charge in [-0.1, -0.05) is 63.5 Å². The van der Waals surface area contributed by atoms with Crippen LogP contribution >= 0.6 is 0 Å². The summed E-state index contributed by atoms with van der Waals surface area (Å²) in [5.41, 5.74) is 0.761.